The molecule has 0 spiro atoms. The van der Waals surface area contributed by atoms with Gasteiger partial charge >= 0.3 is 6.09 Å². The molecule has 8 heteroatoms. The smallest absolute Gasteiger partial charge is 0.408 e. The van der Waals surface area contributed by atoms with Crippen LogP contribution in [0, 0.1) is 17.1 Å². The van der Waals surface area contributed by atoms with Crippen molar-refractivity contribution < 1.29 is 18.7 Å². The molecule has 2 aliphatic heterocycles. The zero-order chi connectivity index (χ0) is 22.3. The topological polar surface area (TPSA) is 97.1 Å². The first-order valence-corrected chi connectivity index (χ1v) is 10.6. The van der Waals surface area contributed by atoms with E-state index in [0.29, 0.717) is 36.0 Å². The maximum atomic E-state index is 14.6. The first-order valence-electron chi connectivity index (χ1n) is 10.6. The van der Waals surface area contributed by atoms with Crippen LogP contribution in [0.4, 0.5) is 9.18 Å². The van der Waals surface area contributed by atoms with Crippen molar-refractivity contribution in [3.8, 4) is 6.07 Å². The van der Waals surface area contributed by atoms with E-state index in [4.69, 9.17) is 14.7 Å². The van der Waals surface area contributed by atoms with E-state index in [1.807, 2.05) is 26.8 Å². The van der Waals surface area contributed by atoms with Crippen molar-refractivity contribution >= 4 is 17.1 Å². The number of amides is 1. The molecule has 0 unspecified atom stereocenters. The summed E-state index contributed by atoms with van der Waals surface area (Å²) in [6, 6.07) is 5.27. The standard InChI is InChI=1S/C23H27FN4O3/c1-21(2,3)31-20(29)28-22-8-10-23(11-9-22,30-14-22)7-6-16-17(24)13-26-18-5-4-15(12-25)27-19(16)18/h4-5,13H,6-11,14H2,1-3H3,(H,28,29). The van der Waals surface area contributed by atoms with E-state index < -0.39 is 23.1 Å². The Morgan fingerprint density at radius 3 is 2.68 bits per heavy atom. The van der Waals surface area contributed by atoms with Crippen molar-refractivity contribution in [2.24, 2.45) is 0 Å². The zero-order valence-corrected chi connectivity index (χ0v) is 18.1. The SMILES string of the molecule is CC(C)(C)OC(=O)NC12CCC(CCc3c(F)cnc4ccc(C#N)nc34)(CC1)OC2. The normalized spacial score (nSPS) is 25.3. The van der Waals surface area contributed by atoms with Crippen molar-refractivity contribution in [2.75, 3.05) is 6.61 Å². The van der Waals surface area contributed by atoms with E-state index in [1.54, 1.807) is 12.1 Å². The highest BCUT2D eigenvalue weighted by molar-refractivity contribution is 5.78. The molecule has 4 heterocycles. The summed E-state index contributed by atoms with van der Waals surface area (Å²) in [5, 5.41) is 12.2. The Labute approximate surface area is 181 Å². The summed E-state index contributed by atoms with van der Waals surface area (Å²) >= 11 is 0. The average molecular weight is 426 g/mol. The van der Waals surface area contributed by atoms with Gasteiger partial charge in [-0.1, -0.05) is 0 Å². The monoisotopic (exact) mass is 426 g/mol. The molecule has 164 valence electrons. The number of fused-ring (bicyclic) bond motifs is 4. The summed E-state index contributed by atoms with van der Waals surface area (Å²) in [6.07, 6.45) is 5.03. The largest absolute Gasteiger partial charge is 0.444 e. The number of nitrogens with one attached hydrogen (secondary N) is 1. The van der Waals surface area contributed by atoms with Gasteiger partial charge in [0.05, 0.1) is 35.0 Å². The summed E-state index contributed by atoms with van der Waals surface area (Å²) < 4.78 is 26.2. The molecule has 2 saturated heterocycles. The molecule has 0 atom stereocenters. The molecule has 31 heavy (non-hydrogen) atoms. The second-order valence-corrected chi connectivity index (χ2v) is 9.64. The molecule has 2 bridgehead atoms. The van der Waals surface area contributed by atoms with E-state index in [-0.39, 0.29) is 11.3 Å². The highest BCUT2D eigenvalue weighted by Crippen LogP contribution is 2.46. The third kappa shape index (κ3) is 4.47. The number of hydrogen-bond acceptors (Lipinski definition) is 6. The molecule has 3 fully saturated rings. The van der Waals surface area contributed by atoms with Gasteiger partial charge < -0.3 is 14.8 Å². The second-order valence-electron chi connectivity index (χ2n) is 9.64. The van der Waals surface area contributed by atoms with Crippen LogP contribution in [0.5, 0.6) is 0 Å². The Balaban J connectivity index is 1.45. The summed E-state index contributed by atoms with van der Waals surface area (Å²) in [5.41, 5.74) is 0.419. The summed E-state index contributed by atoms with van der Waals surface area (Å²) in [7, 11) is 0. The number of aromatic nitrogens is 2. The molecule has 5 rings (SSSR count). The molecule has 7 nitrogen and oxygen atoms in total. The Bertz CT molecular complexity index is 1030. The van der Waals surface area contributed by atoms with Crippen molar-refractivity contribution in [3.63, 3.8) is 0 Å². The van der Waals surface area contributed by atoms with Gasteiger partial charge in [-0.25, -0.2) is 14.2 Å². The molecule has 1 amide bonds. The average Bonchev–Trinajstić information content (AvgIpc) is 2.72. The van der Waals surface area contributed by atoms with Crippen molar-refractivity contribution in [2.45, 2.75) is 76.0 Å². The zero-order valence-electron chi connectivity index (χ0n) is 18.1. The predicted molar refractivity (Wildman–Crippen MR) is 112 cm³/mol. The maximum Gasteiger partial charge on any atom is 0.408 e. The number of carbonyl (C=O) groups excluding carboxylic acids is 1. The lowest BCUT2D eigenvalue weighted by Gasteiger charge is -2.53. The molecule has 3 aliphatic rings. The summed E-state index contributed by atoms with van der Waals surface area (Å²) in [4.78, 5) is 20.6. The highest BCUT2D eigenvalue weighted by Gasteiger charge is 2.50. The fourth-order valence-electron chi connectivity index (χ4n) is 4.52. The molecule has 2 aromatic heterocycles. The Kier molecular flexibility index (Phi) is 5.34. The third-order valence-electron chi connectivity index (χ3n) is 6.25. The first kappa shape index (κ1) is 21.4. The van der Waals surface area contributed by atoms with Crippen LogP contribution in [-0.4, -0.2) is 39.4 Å². The fourth-order valence-corrected chi connectivity index (χ4v) is 4.52. The number of rotatable bonds is 4. The molecule has 2 aromatic rings. The van der Waals surface area contributed by atoms with Gasteiger partial charge in [0, 0.05) is 5.56 Å². The molecular formula is C23H27FN4O3. The van der Waals surface area contributed by atoms with E-state index in [0.717, 1.165) is 25.7 Å². The molecular weight excluding hydrogens is 399 g/mol. The molecule has 0 aromatic carbocycles. The van der Waals surface area contributed by atoms with Gasteiger partial charge in [-0.05, 0) is 71.4 Å². The minimum Gasteiger partial charge on any atom is -0.444 e. The molecule has 1 aliphatic carbocycles. The number of carbonyl (C=O) groups is 1. The van der Waals surface area contributed by atoms with Crippen LogP contribution in [0.25, 0.3) is 11.0 Å². The van der Waals surface area contributed by atoms with Gasteiger partial charge in [-0.15, -0.1) is 0 Å². The van der Waals surface area contributed by atoms with Gasteiger partial charge in [-0.2, -0.15) is 5.26 Å². The van der Waals surface area contributed by atoms with E-state index in [9.17, 15) is 9.18 Å². The summed E-state index contributed by atoms with van der Waals surface area (Å²) in [5.74, 6) is -0.418. The van der Waals surface area contributed by atoms with Crippen molar-refractivity contribution in [1.29, 1.82) is 5.26 Å². The second kappa shape index (κ2) is 7.72. The van der Waals surface area contributed by atoms with Crippen LogP contribution in [0.15, 0.2) is 18.3 Å². The number of nitrogens with zero attached hydrogens (tertiary/aromatic N) is 3. The number of ether oxygens (including phenoxy) is 2. The lowest BCUT2D eigenvalue weighted by Crippen LogP contribution is -2.63. The third-order valence-corrected chi connectivity index (χ3v) is 6.25. The van der Waals surface area contributed by atoms with Crippen LogP contribution in [0.1, 0.15) is 64.1 Å². The van der Waals surface area contributed by atoms with E-state index in [1.165, 1.54) is 6.20 Å². The fraction of sp³-hybridized carbons (Fsp3) is 0.565. The van der Waals surface area contributed by atoms with Gasteiger partial charge in [0.15, 0.2) is 0 Å². The van der Waals surface area contributed by atoms with Crippen LogP contribution in [-0.2, 0) is 15.9 Å². The van der Waals surface area contributed by atoms with Crippen LogP contribution in [0.2, 0.25) is 0 Å². The number of pyridine rings is 2. The Morgan fingerprint density at radius 2 is 2.06 bits per heavy atom. The molecule has 1 N–H and O–H groups in total. The van der Waals surface area contributed by atoms with Crippen LogP contribution >= 0.6 is 0 Å². The number of halogens is 1. The molecule has 1 saturated carbocycles. The van der Waals surface area contributed by atoms with Gasteiger partial charge in [0.1, 0.15) is 23.2 Å². The first-order chi connectivity index (χ1) is 14.6. The number of aryl methyl sites for hydroxylation is 1. The number of nitriles is 1. The number of hydrogen-bond donors (Lipinski definition) is 1. The lowest BCUT2D eigenvalue weighted by molar-refractivity contribution is -0.163. The molecule has 0 radical (unpaired) electrons. The predicted octanol–water partition coefficient (Wildman–Crippen LogP) is 4.18. The highest BCUT2D eigenvalue weighted by atomic mass is 19.1. The van der Waals surface area contributed by atoms with Crippen molar-refractivity contribution in [1.82, 2.24) is 15.3 Å². The lowest BCUT2D eigenvalue weighted by atomic mass is 9.69. The van der Waals surface area contributed by atoms with Crippen LogP contribution in [0.3, 0.4) is 0 Å². The number of alkyl carbamates (subject to hydrolysis) is 1. The quantitative estimate of drug-likeness (QED) is 0.788. The maximum absolute atomic E-state index is 14.6. The van der Waals surface area contributed by atoms with E-state index in [2.05, 4.69) is 15.3 Å². The minimum absolute atomic E-state index is 0.240. The Morgan fingerprint density at radius 1 is 1.32 bits per heavy atom. The Hall–Kier alpha value is -2.79. The van der Waals surface area contributed by atoms with Gasteiger partial charge in [0.25, 0.3) is 0 Å². The van der Waals surface area contributed by atoms with Crippen molar-refractivity contribution in [3.05, 3.63) is 35.4 Å². The van der Waals surface area contributed by atoms with Gasteiger partial charge in [-0.3, -0.25) is 4.98 Å². The van der Waals surface area contributed by atoms with E-state index >= 15 is 0 Å². The minimum atomic E-state index is -0.550. The van der Waals surface area contributed by atoms with Crippen LogP contribution < -0.4 is 5.32 Å². The van der Waals surface area contributed by atoms with Gasteiger partial charge in [0.2, 0.25) is 0 Å². The summed E-state index contributed by atoms with van der Waals surface area (Å²) in [6.45, 7) is 5.93.